The van der Waals surface area contributed by atoms with Gasteiger partial charge in [-0.1, -0.05) is 23.4 Å². The van der Waals surface area contributed by atoms with Crippen molar-refractivity contribution in [2.24, 2.45) is 0 Å². The Labute approximate surface area is 167 Å². The smallest absolute Gasteiger partial charge is 0.230 e. The first-order chi connectivity index (χ1) is 12.8. The molecule has 27 heavy (non-hydrogen) atoms. The molecule has 0 atom stereocenters. The van der Waals surface area contributed by atoms with Crippen molar-refractivity contribution >= 4 is 29.3 Å². The largest absolute Gasteiger partial charge is 0.467 e. The minimum absolute atomic E-state index is 0.0481. The van der Waals surface area contributed by atoms with Crippen LogP contribution in [0.1, 0.15) is 26.5 Å². The van der Waals surface area contributed by atoms with Gasteiger partial charge < -0.3 is 9.73 Å². The summed E-state index contributed by atoms with van der Waals surface area (Å²) in [6, 6.07) is 11.1. The van der Waals surface area contributed by atoms with Crippen molar-refractivity contribution in [1.82, 2.24) is 20.1 Å². The van der Waals surface area contributed by atoms with E-state index in [-0.39, 0.29) is 17.2 Å². The summed E-state index contributed by atoms with van der Waals surface area (Å²) in [5.41, 5.74) is 0.623. The second kappa shape index (κ2) is 8.19. The van der Waals surface area contributed by atoms with Crippen molar-refractivity contribution in [2.75, 3.05) is 5.75 Å². The Morgan fingerprint density at radius 3 is 2.59 bits per heavy atom. The third kappa shape index (κ3) is 5.37. The Bertz CT molecular complexity index is 899. The van der Waals surface area contributed by atoms with Crippen LogP contribution >= 0.6 is 23.4 Å². The number of aromatic nitrogens is 3. The maximum atomic E-state index is 12.2. The number of nitrogens with one attached hydrogen (secondary N) is 1. The summed E-state index contributed by atoms with van der Waals surface area (Å²) in [6.45, 7) is 6.33. The average molecular weight is 405 g/mol. The number of hydrogen-bond acceptors (Lipinski definition) is 5. The summed E-state index contributed by atoms with van der Waals surface area (Å²) in [6.07, 6.45) is 1.63. The molecule has 8 heteroatoms. The minimum atomic E-state index is -0.270. The summed E-state index contributed by atoms with van der Waals surface area (Å²) in [7, 11) is 0. The molecule has 3 rings (SSSR count). The molecule has 142 valence electrons. The predicted octanol–water partition coefficient (Wildman–Crippen LogP) is 4.25. The zero-order chi connectivity index (χ0) is 19.4. The van der Waals surface area contributed by atoms with Crippen LogP contribution in [0.15, 0.2) is 52.2 Å². The van der Waals surface area contributed by atoms with E-state index < -0.39 is 0 Å². The topological polar surface area (TPSA) is 73.0 Å². The maximum absolute atomic E-state index is 12.2. The maximum Gasteiger partial charge on any atom is 0.230 e. The molecule has 1 amide bonds. The number of carbonyl (C=O) groups excluding carboxylic acids is 1. The number of benzene rings is 1. The Hall–Kier alpha value is -2.25. The molecule has 0 bridgehead atoms. The summed E-state index contributed by atoms with van der Waals surface area (Å²) in [5, 5.41) is 12.9. The van der Waals surface area contributed by atoms with Crippen LogP contribution in [0.25, 0.3) is 11.4 Å². The number of thioether (sulfide) groups is 1. The van der Waals surface area contributed by atoms with E-state index in [0.29, 0.717) is 22.5 Å². The van der Waals surface area contributed by atoms with Crippen molar-refractivity contribution in [1.29, 1.82) is 0 Å². The van der Waals surface area contributed by atoms with E-state index in [1.165, 1.54) is 11.8 Å². The lowest BCUT2D eigenvalue weighted by Crippen LogP contribution is -2.41. The van der Waals surface area contributed by atoms with Crippen molar-refractivity contribution in [3.63, 3.8) is 0 Å². The molecule has 0 radical (unpaired) electrons. The van der Waals surface area contributed by atoms with Crippen LogP contribution in [0.3, 0.4) is 0 Å². The normalized spacial score (nSPS) is 11.6. The third-order valence-corrected chi connectivity index (χ3v) is 4.78. The van der Waals surface area contributed by atoms with E-state index in [9.17, 15) is 4.79 Å². The second-order valence-corrected chi connectivity index (χ2v) is 8.44. The second-order valence-electron chi connectivity index (χ2n) is 7.07. The molecule has 0 spiro atoms. The van der Waals surface area contributed by atoms with Crippen LogP contribution in [0, 0.1) is 0 Å². The van der Waals surface area contributed by atoms with Gasteiger partial charge in [0.2, 0.25) is 5.91 Å². The highest BCUT2D eigenvalue weighted by molar-refractivity contribution is 7.99. The van der Waals surface area contributed by atoms with E-state index in [1.807, 2.05) is 61.7 Å². The predicted molar refractivity (Wildman–Crippen MR) is 107 cm³/mol. The molecular weight excluding hydrogens is 384 g/mol. The fourth-order valence-electron chi connectivity index (χ4n) is 2.49. The van der Waals surface area contributed by atoms with Gasteiger partial charge in [0.25, 0.3) is 0 Å². The lowest BCUT2D eigenvalue weighted by molar-refractivity contribution is -0.119. The SMILES string of the molecule is CC(C)(C)NC(=O)CSc1nnc(-c2ccc(Cl)cc2)n1Cc1ccco1. The van der Waals surface area contributed by atoms with Gasteiger partial charge >= 0.3 is 0 Å². The molecular formula is C19H21ClN4O2S. The van der Waals surface area contributed by atoms with Gasteiger partial charge in [0, 0.05) is 16.1 Å². The molecule has 6 nitrogen and oxygen atoms in total. The van der Waals surface area contributed by atoms with Gasteiger partial charge in [0.15, 0.2) is 11.0 Å². The monoisotopic (exact) mass is 404 g/mol. The number of furan rings is 1. The summed E-state index contributed by atoms with van der Waals surface area (Å²) in [4.78, 5) is 12.2. The molecule has 0 saturated heterocycles. The number of amides is 1. The van der Waals surface area contributed by atoms with E-state index in [2.05, 4.69) is 15.5 Å². The molecule has 2 heterocycles. The molecule has 3 aromatic rings. The molecule has 1 aromatic carbocycles. The number of carbonyl (C=O) groups is 1. The van der Waals surface area contributed by atoms with Crippen molar-refractivity contribution in [3.8, 4) is 11.4 Å². The van der Waals surface area contributed by atoms with Crippen molar-refractivity contribution in [3.05, 3.63) is 53.4 Å². The highest BCUT2D eigenvalue weighted by Crippen LogP contribution is 2.26. The quantitative estimate of drug-likeness (QED) is 0.622. The standard InChI is InChI=1S/C19H21ClN4O2S/c1-19(2,3)21-16(25)12-27-18-23-22-17(13-6-8-14(20)9-7-13)24(18)11-15-5-4-10-26-15/h4-10H,11-12H2,1-3H3,(H,21,25). The summed E-state index contributed by atoms with van der Waals surface area (Å²) in [5.74, 6) is 1.69. The van der Waals surface area contributed by atoms with Crippen molar-refractivity contribution < 1.29 is 9.21 Å². The molecule has 0 aliphatic carbocycles. The lowest BCUT2D eigenvalue weighted by atomic mass is 10.1. The van der Waals surface area contributed by atoms with Gasteiger partial charge in [-0.3, -0.25) is 9.36 Å². The molecule has 0 fully saturated rings. The van der Waals surface area contributed by atoms with Crippen LogP contribution in [0.4, 0.5) is 0 Å². The number of halogens is 1. The van der Waals surface area contributed by atoms with Crippen LogP contribution < -0.4 is 5.32 Å². The third-order valence-electron chi connectivity index (χ3n) is 3.56. The zero-order valence-corrected chi connectivity index (χ0v) is 17.0. The van der Waals surface area contributed by atoms with Crippen LogP contribution in [0.5, 0.6) is 0 Å². The Morgan fingerprint density at radius 1 is 1.22 bits per heavy atom. The minimum Gasteiger partial charge on any atom is -0.467 e. The molecule has 1 N–H and O–H groups in total. The van der Waals surface area contributed by atoms with Gasteiger partial charge in [-0.2, -0.15) is 0 Å². The molecule has 0 aliphatic heterocycles. The van der Waals surface area contributed by atoms with E-state index in [4.69, 9.17) is 16.0 Å². The molecule has 0 aliphatic rings. The van der Waals surface area contributed by atoms with Crippen LogP contribution in [-0.2, 0) is 11.3 Å². The van der Waals surface area contributed by atoms with Gasteiger partial charge in [-0.25, -0.2) is 0 Å². The summed E-state index contributed by atoms with van der Waals surface area (Å²) >= 11 is 7.34. The lowest BCUT2D eigenvalue weighted by Gasteiger charge is -2.20. The highest BCUT2D eigenvalue weighted by atomic mass is 35.5. The highest BCUT2D eigenvalue weighted by Gasteiger charge is 2.19. The van der Waals surface area contributed by atoms with Gasteiger partial charge in [0.1, 0.15) is 5.76 Å². The fourth-order valence-corrected chi connectivity index (χ4v) is 3.36. The van der Waals surface area contributed by atoms with E-state index in [0.717, 1.165) is 11.3 Å². The number of rotatable bonds is 6. The average Bonchev–Trinajstić information content (AvgIpc) is 3.23. The molecule has 0 saturated carbocycles. The Morgan fingerprint density at radius 2 is 1.96 bits per heavy atom. The van der Waals surface area contributed by atoms with Crippen LogP contribution in [-0.4, -0.2) is 32.0 Å². The van der Waals surface area contributed by atoms with E-state index >= 15 is 0 Å². The van der Waals surface area contributed by atoms with Gasteiger partial charge in [-0.05, 0) is 57.2 Å². The Balaban J connectivity index is 1.84. The number of hydrogen-bond donors (Lipinski definition) is 1. The van der Waals surface area contributed by atoms with Crippen molar-refractivity contribution in [2.45, 2.75) is 38.0 Å². The fraction of sp³-hybridized carbons (Fsp3) is 0.316. The first kappa shape index (κ1) is 19.5. The van der Waals surface area contributed by atoms with E-state index in [1.54, 1.807) is 6.26 Å². The van der Waals surface area contributed by atoms with Crippen LogP contribution in [0.2, 0.25) is 5.02 Å². The first-order valence-corrected chi connectivity index (χ1v) is 9.83. The Kier molecular flexibility index (Phi) is 5.92. The molecule has 0 unspecified atom stereocenters. The first-order valence-electron chi connectivity index (χ1n) is 8.47. The zero-order valence-electron chi connectivity index (χ0n) is 15.4. The summed E-state index contributed by atoms with van der Waals surface area (Å²) < 4.78 is 7.42. The molecule has 2 aromatic heterocycles. The van der Waals surface area contributed by atoms with Gasteiger partial charge in [0.05, 0.1) is 18.6 Å². The van der Waals surface area contributed by atoms with Gasteiger partial charge in [-0.15, -0.1) is 10.2 Å². The number of nitrogens with zero attached hydrogens (tertiary/aromatic N) is 3.